The van der Waals surface area contributed by atoms with E-state index in [1.807, 2.05) is 26.8 Å². The molecule has 1 amide bonds. The van der Waals surface area contributed by atoms with Crippen molar-refractivity contribution in [2.24, 2.45) is 0 Å². The van der Waals surface area contributed by atoms with Crippen molar-refractivity contribution >= 4 is 17.0 Å². The molecule has 1 N–H and O–H groups in total. The molecule has 1 aliphatic heterocycles. The van der Waals surface area contributed by atoms with E-state index in [4.69, 9.17) is 5.26 Å². The maximum Gasteiger partial charge on any atom is 0.407 e. The highest BCUT2D eigenvalue weighted by atomic mass is 19.1. The van der Waals surface area contributed by atoms with Gasteiger partial charge in [0, 0.05) is 49.2 Å². The molecule has 0 saturated carbocycles. The van der Waals surface area contributed by atoms with Gasteiger partial charge in [-0.3, -0.25) is 4.79 Å². The van der Waals surface area contributed by atoms with E-state index in [1.165, 1.54) is 27.7 Å². The summed E-state index contributed by atoms with van der Waals surface area (Å²) in [6, 6.07) is 7.40. The second kappa shape index (κ2) is 8.44. The average molecular weight is 414 g/mol. The van der Waals surface area contributed by atoms with Gasteiger partial charge in [0.2, 0.25) is 0 Å². The summed E-state index contributed by atoms with van der Waals surface area (Å²) in [5, 5.41) is 19.0. The second-order valence-electron chi connectivity index (χ2n) is 8.72. The zero-order valence-corrected chi connectivity index (χ0v) is 17.6. The van der Waals surface area contributed by atoms with E-state index in [2.05, 4.69) is 4.90 Å². The molecule has 0 spiro atoms. The van der Waals surface area contributed by atoms with Crippen LogP contribution in [-0.2, 0) is 6.54 Å². The normalized spacial score (nSPS) is 15.8. The van der Waals surface area contributed by atoms with Crippen LogP contribution in [0, 0.1) is 17.1 Å². The highest BCUT2D eigenvalue weighted by molar-refractivity contribution is 5.81. The predicted octanol–water partition coefficient (Wildman–Crippen LogP) is 3.26. The van der Waals surface area contributed by atoms with Crippen molar-refractivity contribution < 1.29 is 14.3 Å². The number of aromatic nitrogens is 1. The zero-order valence-electron chi connectivity index (χ0n) is 17.6. The van der Waals surface area contributed by atoms with Crippen molar-refractivity contribution in [3.63, 3.8) is 0 Å². The van der Waals surface area contributed by atoms with Crippen molar-refractivity contribution in [2.75, 3.05) is 19.6 Å². The van der Waals surface area contributed by atoms with Crippen LogP contribution >= 0.6 is 0 Å². The molecule has 0 radical (unpaired) electrons. The van der Waals surface area contributed by atoms with Crippen LogP contribution in [0.3, 0.4) is 0 Å². The van der Waals surface area contributed by atoms with Crippen LogP contribution in [0.15, 0.2) is 29.1 Å². The number of benzene rings is 1. The molecule has 1 aliphatic rings. The molecule has 30 heavy (non-hydrogen) atoms. The summed E-state index contributed by atoms with van der Waals surface area (Å²) < 4.78 is 15.8. The van der Waals surface area contributed by atoms with Crippen molar-refractivity contribution in [3.05, 3.63) is 46.0 Å². The Kier molecular flexibility index (Phi) is 6.13. The van der Waals surface area contributed by atoms with E-state index in [9.17, 15) is 19.1 Å². The third kappa shape index (κ3) is 4.46. The first-order chi connectivity index (χ1) is 14.1. The fraction of sp³-hybridized carbons (Fsp3) is 0.500. The van der Waals surface area contributed by atoms with E-state index >= 15 is 0 Å². The van der Waals surface area contributed by atoms with Gasteiger partial charge in [-0.1, -0.05) is 0 Å². The monoisotopic (exact) mass is 414 g/mol. The largest absolute Gasteiger partial charge is 0.465 e. The number of nitriles is 1. The van der Waals surface area contributed by atoms with Crippen LogP contribution in [0.5, 0.6) is 0 Å². The molecule has 2 heterocycles. The van der Waals surface area contributed by atoms with Crippen LogP contribution in [0.2, 0.25) is 0 Å². The van der Waals surface area contributed by atoms with Gasteiger partial charge in [0.25, 0.3) is 5.56 Å². The Morgan fingerprint density at radius 2 is 1.93 bits per heavy atom. The highest BCUT2D eigenvalue weighted by Crippen LogP contribution is 2.25. The summed E-state index contributed by atoms with van der Waals surface area (Å²) in [5.74, 6) is -0.519. The number of likely N-dealkylation sites (tertiary alicyclic amines) is 1. The number of carbonyl (C=O) groups is 1. The number of piperidine rings is 1. The van der Waals surface area contributed by atoms with E-state index in [1.54, 1.807) is 6.07 Å². The van der Waals surface area contributed by atoms with Crippen LogP contribution in [-0.4, -0.2) is 56.8 Å². The lowest BCUT2D eigenvalue weighted by molar-refractivity contribution is 0.0417. The van der Waals surface area contributed by atoms with Gasteiger partial charge < -0.3 is 19.5 Å². The minimum absolute atomic E-state index is 0.0358. The van der Waals surface area contributed by atoms with Gasteiger partial charge in [-0.15, -0.1) is 0 Å². The first-order valence-corrected chi connectivity index (χ1v) is 10.1. The maximum absolute atomic E-state index is 14.3. The summed E-state index contributed by atoms with van der Waals surface area (Å²) in [5.41, 5.74) is -0.108. The lowest BCUT2D eigenvalue weighted by atomic mass is 9.97. The highest BCUT2D eigenvalue weighted by Gasteiger charge is 2.35. The van der Waals surface area contributed by atoms with E-state index in [0.29, 0.717) is 24.0 Å². The third-order valence-corrected chi connectivity index (χ3v) is 5.68. The van der Waals surface area contributed by atoms with Gasteiger partial charge >= 0.3 is 6.09 Å². The van der Waals surface area contributed by atoms with Crippen LogP contribution in [0.25, 0.3) is 10.9 Å². The number of pyridine rings is 1. The van der Waals surface area contributed by atoms with Crippen LogP contribution < -0.4 is 5.56 Å². The fourth-order valence-corrected chi connectivity index (χ4v) is 4.28. The molecule has 2 aromatic rings. The fourth-order valence-electron chi connectivity index (χ4n) is 4.28. The number of halogens is 1. The van der Waals surface area contributed by atoms with E-state index in [-0.39, 0.29) is 17.2 Å². The Balaban J connectivity index is 1.72. The number of nitrogens with zero attached hydrogens (tertiary/aromatic N) is 4. The SMILES string of the molecule is CC(C)(C)N(C(=O)O)C1CCN(CCn2c(=O)ccc3c(F)cc(C#N)cc32)CC1. The first-order valence-electron chi connectivity index (χ1n) is 10.1. The maximum atomic E-state index is 14.3. The molecular weight excluding hydrogens is 387 g/mol. The summed E-state index contributed by atoms with van der Waals surface area (Å²) in [6.45, 7) is 8.10. The Hall–Kier alpha value is -2.92. The van der Waals surface area contributed by atoms with Gasteiger partial charge in [0.15, 0.2) is 0 Å². The number of amides is 1. The second-order valence-corrected chi connectivity index (χ2v) is 8.72. The van der Waals surface area contributed by atoms with E-state index < -0.39 is 17.4 Å². The molecule has 160 valence electrons. The summed E-state index contributed by atoms with van der Waals surface area (Å²) >= 11 is 0. The molecule has 8 heteroatoms. The van der Waals surface area contributed by atoms with Crippen LogP contribution in [0.1, 0.15) is 39.2 Å². The average Bonchev–Trinajstić information content (AvgIpc) is 2.66. The van der Waals surface area contributed by atoms with Gasteiger partial charge in [-0.05, 0) is 51.8 Å². The molecular formula is C22H27FN4O3. The lowest BCUT2D eigenvalue weighted by Crippen LogP contribution is -2.54. The van der Waals surface area contributed by atoms with Crippen molar-refractivity contribution in [1.82, 2.24) is 14.4 Å². The van der Waals surface area contributed by atoms with E-state index in [0.717, 1.165) is 25.9 Å². The molecule has 7 nitrogen and oxygen atoms in total. The molecule has 0 aliphatic carbocycles. The Labute approximate surface area is 174 Å². The molecule has 1 saturated heterocycles. The smallest absolute Gasteiger partial charge is 0.407 e. The molecule has 0 atom stereocenters. The van der Waals surface area contributed by atoms with Crippen molar-refractivity contribution in [3.8, 4) is 6.07 Å². The Bertz CT molecular complexity index is 1040. The lowest BCUT2D eigenvalue weighted by Gasteiger charge is -2.43. The molecule has 0 bridgehead atoms. The number of fused-ring (bicyclic) bond motifs is 1. The van der Waals surface area contributed by atoms with Gasteiger partial charge in [0.05, 0.1) is 17.1 Å². The van der Waals surface area contributed by atoms with Crippen molar-refractivity contribution in [1.29, 1.82) is 5.26 Å². The molecule has 0 unspecified atom stereocenters. The molecule has 1 aromatic heterocycles. The number of hydrogen-bond donors (Lipinski definition) is 1. The zero-order chi connectivity index (χ0) is 22.1. The summed E-state index contributed by atoms with van der Waals surface area (Å²) in [7, 11) is 0. The Morgan fingerprint density at radius 1 is 1.27 bits per heavy atom. The first kappa shape index (κ1) is 21.8. The molecule has 1 fully saturated rings. The standard InChI is InChI=1S/C22H27FN4O3/c1-22(2,3)27(21(29)30)16-6-8-25(9-7-16)10-11-26-19-13-15(14-24)12-18(23)17(19)4-5-20(26)28/h4-5,12-13,16H,6-11H2,1-3H3,(H,29,30). The number of carboxylic acid groups (broad SMARTS) is 1. The van der Waals surface area contributed by atoms with Gasteiger partial charge in [-0.2, -0.15) is 5.26 Å². The molecule has 3 rings (SSSR count). The quantitative estimate of drug-likeness (QED) is 0.830. The number of rotatable bonds is 4. The summed E-state index contributed by atoms with van der Waals surface area (Å²) in [6.07, 6.45) is 0.543. The number of hydrogen-bond acceptors (Lipinski definition) is 4. The minimum atomic E-state index is -0.904. The minimum Gasteiger partial charge on any atom is -0.465 e. The topological polar surface area (TPSA) is 89.6 Å². The van der Waals surface area contributed by atoms with Crippen LogP contribution in [0.4, 0.5) is 9.18 Å². The Morgan fingerprint density at radius 3 is 2.50 bits per heavy atom. The van der Waals surface area contributed by atoms with Gasteiger partial charge in [0.1, 0.15) is 5.82 Å². The van der Waals surface area contributed by atoms with Gasteiger partial charge in [-0.25, -0.2) is 9.18 Å². The van der Waals surface area contributed by atoms with Crippen molar-refractivity contribution in [2.45, 2.75) is 51.7 Å². The molecule has 1 aromatic carbocycles. The third-order valence-electron chi connectivity index (χ3n) is 5.68. The summed E-state index contributed by atoms with van der Waals surface area (Å²) in [4.78, 5) is 27.8. The predicted molar refractivity (Wildman–Crippen MR) is 112 cm³/mol.